The fourth-order valence-electron chi connectivity index (χ4n) is 1.35. The molecular formula is C11H14BrNO2. The van der Waals surface area contributed by atoms with E-state index in [2.05, 4.69) is 21.2 Å². The van der Waals surface area contributed by atoms with Gasteiger partial charge in [0.1, 0.15) is 0 Å². The Hall–Kier alpha value is -0.870. The summed E-state index contributed by atoms with van der Waals surface area (Å²) in [6.07, 6.45) is -0.679. The number of hydrogen-bond donors (Lipinski definition) is 2. The summed E-state index contributed by atoms with van der Waals surface area (Å²) >= 11 is 3.32. The molecule has 2 unspecified atom stereocenters. The molecule has 1 amide bonds. The lowest BCUT2D eigenvalue weighted by Crippen LogP contribution is -2.35. The van der Waals surface area contributed by atoms with E-state index in [4.69, 9.17) is 0 Å². The zero-order chi connectivity index (χ0) is 11.4. The molecular weight excluding hydrogens is 258 g/mol. The number of hydrogen-bond acceptors (Lipinski definition) is 2. The van der Waals surface area contributed by atoms with Gasteiger partial charge in [-0.1, -0.05) is 28.1 Å². The monoisotopic (exact) mass is 271 g/mol. The average molecular weight is 272 g/mol. The zero-order valence-corrected chi connectivity index (χ0v) is 10.3. The van der Waals surface area contributed by atoms with Crippen molar-refractivity contribution in [3.63, 3.8) is 0 Å². The van der Waals surface area contributed by atoms with Crippen LogP contribution in [0.1, 0.15) is 25.5 Å². The van der Waals surface area contributed by atoms with Gasteiger partial charge >= 0.3 is 0 Å². The van der Waals surface area contributed by atoms with Crippen LogP contribution >= 0.6 is 15.9 Å². The molecule has 0 bridgehead atoms. The summed E-state index contributed by atoms with van der Waals surface area (Å²) in [5.74, 6) is -0.140. The first-order valence-electron chi connectivity index (χ1n) is 4.71. The Balaban J connectivity index is 2.71. The standard InChI is InChI=1S/C11H14BrNO2/c1-7(13-8(2)14)11(15)9-3-5-10(12)6-4-9/h3-7,11,15H,1-2H3,(H,13,14). The summed E-state index contributed by atoms with van der Waals surface area (Å²) in [6, 6.07) is 7.08. The van der Waals surface area contributed by atoms with E-state index in [1.54, 1.807) is 6.92 Å². The summed E-state index contributed by atoms with van der Waals surface area (Å²) in [6.45, 7) is 3.21. The molecule has 0 fully saturated rings. The van der Waals surface area contributed by atoms with Crippen LogP contribution in [0.5, 0.6) is 0 Å². The number of rotatable bonds is 3. The second-order valence-corrected chi connectivity index (χ2v) is 4.40. The van der Waals surface area contributed by atoms with Crippen molar-refractivity contribution in [2.45, 2.75) is 26.0 Å². The number of nitrogens with one attached hydrogen (secondary N) is 1. The molecule has 15 heavy (non-hydrogen) atoms. The third-order valence-corrected chi connectivity index (χ3v) is 2.64. The topological polar surface area (TPSA) is 49.3 Å². The van der Waals surface area contributed by atoms with Gasteiger partial charge in [-0.25, -0.2) is 0 Å². The zero-order valence-electron chi connectivity index (χ0n) is 8.70. The van der Waals surface area contributed by atoms with Crippen LogP contribution in [0.3, 0.4) is 0 Å². The Morgan fingerprint density at radius 2 is 1.93 bits per heavy atom. The third-order valence-electron chi connectivity index (χ3n) is 2.12. The molecule has 82 valence electrons. The van der Waals surface area contributed by atoms with Crippen LogP contribution in [-0.4, -0.2) is 17.1 Å². The van der Waals surface area contributed by atoms with Gasteiger partial charge in [0.15, 0.2) is 0 Å². The lowest BCUT2D eigenvalue weighted by molar-refractivity contribution is -0.120. The van der Waals surface area contributed by atoms with Crippen LogP contribution in [0.2, 0.25) is 0 Å². The van der Waals surface area contributed by atoms with Gasteiger partial charge in [0.2, 0.25) is 5.91 Å². The van der Waals surface area contributed by atoms with Gasteiger partial charge in [-0.05, 0) is 24.6 Å². The average Bonchev–Trinajstić information content (AvgIpc) is 2.17. The van der Waals surface area contributed by atoms with E-state index in [9.17, 15) is 9.90 Å². The van der Waals surface area contributed by atoms with Crippen molar-refractivity contribution in [1.82, 2.24) is 5.32 Å². The molecule has 0 aliphatic rings. The van der Waals surface area contributed by atoms with E-state index in [1.807, 2.05) is 24.3 Å². The van der Waals surface area contributed by atoms with Gasteiger partial charge < -0.3 is 10.4 Å². The fourth-order valence-corrected chi connectivity index (χ4v) is 1.61. The van der Waals surface area contributed by atoms with Crippen molar-refractivity contribution in [1.29, 1.82) is 0 Å². The highest BCUT2D eigenvalue weighted by Gasteiger charge is 2.16. The molecule has 1 aromatic carbocycles. The Kier molecular flexibility index (Phi) is 4.29. The summed E-state index contributed by atoms with van der Waals surface area (Å²) in [4.78, 5) is 10.8. The number of carbonyl (C=O) groups excluding carboxylic acids is 1. The highest BCUT2D eigenvalue weighted by Crippen LogP contribution is 2.19. The maximum Gasteiger partial charge on any atom is 0.217 e. The Morgan fingerprint density at radius 1 is 1.40 bits per heavy atom. The highest BCUT2D eigenvalue weighted by molar-refractivity contribution is 9.10. The molecule has 1 aromatic rings. The van der Waals surface area contributed by atoms with E-state index in [-0.39, 0.29) is 11.9 Å². The lowest BCUT2D eigenvalue weighted by Gasteiger charge is -2.19. The van der Waals surface area contributed by atoms with Crippen molar-refractivity contribution < 1.29 is 9.90 Å². The molecule has 3 nitrogen and oxygen atoms in total. The first-order valence-corrected chi connectivity index (χ1v) is 5.50. The first kappa shape index (κ1) is 12.2. The molecule has 0 aromatic heterocycles. The number of halogens is 1. The van der Waals surface area contributed by atoms with Crippen LogP contribution in [0.15, 0.2) is 28.7 Å². The van der Waals surface area contributed by atoms with Crippen molar-refractivity contribution >= 4 is 21.8 Å². The Morgan fingerprint density at radius 3 is 2.40 bits per heavy atom. The molecule has 1 rings (SSSR count). The van der Waals surface area contributed by atoms with Crippen molar-refractivity contribution in [3.8, 4) is 0 Å². The van der Waals surface area contributed by atoms with Crippen molar-refractivity contribution in [2.24, 2.45) is 0 Å². The van der Waals surface area contributed by atoms with E-state index in [0.717, 1.165) is 10.0 Å². The van der Waals surface area contributed by atoms with Gasteiger partial charge in [-0.2, -0.15) is 0 Å². The highest BCUT2D eigenvalue weighted by atomic mass is 79.9. The molecule has 0 saturated carbocycles. The number of aliphatic hydroxyl groups is 1. The normalized spacial score (nSPS) is 14.4. The number of benzene rings is 1. The van der Waals surface area contributed by atoms with E-state index in [1.165, 1.54) is 6.92 Å². The molecule has 0 saturated heterocycles. The van der Waals surface area contributed by atoms with Crippen LogP contribution < -0.4 is 5.32 Å². The third kappa shape index (κ3) is 3.64. The molecule has 0 spiro atoms. The SMILES string of the molecule is CC(=O)NC(C)C(O)c1ccc(Br)cc1. The molecule has 4 heteroatoms. The second kappa shape index (κ2) is 5.28. The van der Waals surface area contributed by atoms with Crippen LogP contribution in [-0.2, 0) is 4.79 Å². The van der Waals surface area contributed by atoms with E-state index < -0.39 is 6.10 Å². The van der Waals surface area contributed by atoms with Gasteiger partial charge in [-0.3, -0.25) is 4.79 Å². The minimum Gasteiger partial charge on any atom is -0.386 e. The Bertz CT molecular complexity index is 337. The van der Waals surface area contributed by atoms with Crippen molar-refractivity contribution in [3.05, 3.63) is 34.3 Å². The summed E-state index contributed by atoms with van der Waals surface area (Å²) < 4.78 is 0.964. The molecule has 2 N–H and O–H groups in total. The van der Waals surface area contributed by atoms with Crippen LogP contribution in [0.4, 0.5) is 0 Å². The molecule has 0 heterocycles. The number of carbonyl (C=O) groups is 1. The minimum absolute atomic E-state index is 0.140. The summed E-state index contributed by atoms with van der Waals surface area (Å²) in [5, 5.41) is 12.6. The quantitative estimate of drug-likeness (QED) is 0.884. The maximum absolute atomic E-state index is 10.8. The lowest BCUT2D eigenvalue weighted by atomic mass is 10.0. The van der Waals surface area contributed by atoms with Gasteiger partial charge in [0, 0.05) is 11.4 Å². The predicted molar refractivity (Wildman–Crippen MR) is 62.4 cm³/mol. The molecule has 2 atom stereocenters. The fraction of sp³-hybridized carbons (Fsp3) is 0.364. The summed E-state index contributed by atoms with van der Waals surface area (Å²) in [7, 11) is 0. The predicted octanol–water partition coefficient (Wildman–Crippen LogP) is 2.01. The first-order chi connectivity index (χ1) is 7.00. The van der Waals surface area contributed by atoms with Crippen molar-refractivity contribution in [2.75, 3.05) is 0 Å². The maximum atomic E-state index is 10.8. The molecule has 0 aliphatic carbocycles. The van der Waals surface area contributed by atoms with E-state index >= 15 is 0 Å². The minimum atomic E-state index is -0.679. The van der Waals surface area contributed by atoms with Gasteiger partial charge in [0.25, 0.3) is 0 Å². The van der Waals surface area contributed by atoms with Crippen LogP contribution in [0, 0.1) is 0 Å². The van der Waals surface area contributed by atoms with Gasteiger partial charge in [0.05, 0.1) is 12.1 Å². The van der Waals surface area contributed by atoms with Crippen LogP contribution in [0.25, 0.3) is 0 Å². The molecule has 0 aliphatic heterocycles. The smallest absolute Gasteiger partial charge is 0.217 e. The van der Waals surface area contributed by atoms with E-state index in [0.29, 0.717) is 0 Å². The Labute approximate surface area is 97.6 Å². The largest absolute Gasteiger partial charge is 0.386 e. The molecule has 0 radical (unpaired) electrons. The number of aliphatic hydroxyl groups excluding tert-OH is 1. The number of amides is 1. The second-order valence-electron chi connectivity index (χ2n) is 3.49. The van der Waals surface area contributed by atoms with Gasteiger partial charge in [-0.15, -0.1) is 0 Å². The summed E-state index contributed by atoms with van der Waals surface area (Å²) in [5.41, 5.74) is 0.791.